The van der Waals surface area contributed by atoms with Crippen LogP contribution in [0.5, 0.6) is 5.75 Å². The molecule has 0 bridgehead atoms. The molecular weight excluding hydrogens is 448 g/mol. The number of ether oxygens (including phenoxy) is 1. The topological polar surface area (TPSA) is 64.4 Å². The Bertz CT molecular complexity index is 1520. The number of methoxy groups -OCH3 is 1. The predicted molar refractivity (Wildman–Crippen MR) is 144 cm³/mol. The first-order valence-corrected chi connectivity index (χ1v) is 12.1. The Kier molecular flexibility index (Phi) is 6.54. The first kappa shape index (κ1) is 23.4. The zero-order chi connectivity index (χ0) is 25.1. The SMILES string of the molecule is CCCc1nc2ccc(-c3ccc(OC)cc3)cc2n1Cc1ccc(-c2ccccc2C(=O)O)cc1. The minimum absolute atomic E-state index is 0.308. The average Bonchev–Trinajstić information content (AvgIpc) is 3.25. The fourth-order valence-electron chi connectivity index (χ4n) is 4.62. The van der Waals surface area contributed by atoms with E-state index in [-0.39, 0.29) is 0 Å². The van der Waals surface area contributed by atoms with Crippen LogP contribution in [-0.4, -0.2) is 27.7 Å². The van der Waals surface area contributed by atoms with Gasteiger partial charge >= 0.3 is 5.97 Å². The lowest BCUT2D eigenvalue weighted by Crippen LogP contribution is -2.05. The maximum atomic E-state index is 11.6. The smallest absolute Gasteiger partial charge is 0.336 e. The summed E-state index contributed by atoms with van der Waals surface area (Å²) in [5, 5.41) is 9.55. The molecule has 0 aliphatic rings. The van der Waals surface area contributed by atoms with E-state index in [9.17, 15) is 9.90 Å². The van der Waals surface area contributed by atoms with E-state index in [1.165, 1.54) is 0 Å². The van der Waals surface area contributed by atoms with Gasteiger partial charge in [-0.1, -0.05) is 67.6 Å². The first-order chi connectivity index (χ1) is 17.6. The van der Waals surface area contributed by atoms with Gasteiger partial charge in [-0.25, -0.2) is 9.78 Å². The van der Waals surface area contributed by atoms with Gasteiger partial charge in [-0.05, 0) is 64.6 Å². The van der Waals surface area contributed by atoms with Crippen molar-refractivity contribution in [1.82, 2.24) is 9.55 Å². The van der Waals surface area contributed by atoms with Gasteiger partial charge in [0.1, 0.15) is 11.6 Å². The highest BCUT2D eigenvalue weighted by molar-refractivity contribution is 5.96. The number of carbonyl (C=O) groups is 1. The van der Waals surface area contributed by atoms with Crippen molar-refractivity contribution in [3.63, 3.8) is 0 Å². The van der Waals surface area contributed by atoms with Crippen LogP contribution < -0.4 is 4.74 Å². The second-order valence-electron chi connectivity index (χ2n) is 8.84. The quantitative estimate of drug-likeness (QED) is 0.260. The highest BCUT2D eigenvalue weighted by Gasteiger charge is 2.14. The van der Waals surface area contributed by atoms with E-state index in [0.29, 0.717) is 12.1 Å². The molecule has 0 amide bonds. The van der Waals surface area contributed by atoms with Crippen molar-refractivity contribution < 1.29 is 14.6 Å². The minimum Gasteiger partial charge on any atom is -0.497 e. The minimum atomic E-state index is -0.920. The molecule has 1 aromatic heterocycles. The number of benzene rings is 4. The molecule has 0 spiro atoms. The van der Waals surface area contributed by atoms with E-state index in [0.717, 1.165) is 63.3 Å². The lowest BCUT2D eigenvalue weighted by Gasteiger charge is -2.12. The largest absolute Gasteiger partial charge is 0.497 e. The zero-order valence-corrected chi connectivity index (χ0v) is 20.4. The van der Waals surface area contributed by atoms with Gasteiger partial charge < -0.3 is 14.4 Å². The van der Waals surface area contributed by atoms with Gasteiger partial charge in [0.2, 0.25) is 0 Å². The number of aryl methyl sites for hydroxylation is 1. The van der Waals surface area contributed by atoms with Gasteiger partial charge in [-0.2, -0.15) is 0 Å². The van der Waals surface area contributed by atoms with Crippen molar-refractivity contribution in [1.29, 1.82) is 0 Å². The Balaban J connectivity index is 1.50. The molecule has 0 aliphatic carbocycles. The molecule has 0 fully saturated rings. The maximum Gasteiger partial charge on any atom is 0.336 e. The molecule has 0 atom stereocenters. The summed E-state index contributed by atoms with van der Waals surface area (Å²) >= 11 is 0. The Hall–Kier alpha value is -4.38. The van der Waals surface area contributed by atoms with Gasteiger partial charge in [0.15, 0.2) is 0 Å². The molecule has 36 heavy (non-hydrogen) atoms. The number of carboxylic acids is 1. The van der Waals surface area contributed by atoms with Crippen LogP contribution in [0.2, 0.25) is 0 Å². The highest BCUT2D eigenvalue weighted by atomic mass is 16.5. The lowest BCUT2D eigenvalue weighted by atomic mass is 9.98. The second-order valence-corrected chi connectivity index (χ2v) is 8.84. The molecule has 5 heteroatoms. The standard InChI is InChI=1S/C31H28N2O3/c1-3-6-30-32-28-18-15-24(22-13-16-25(36-2)17-14-22)19-29(28)33(30)20-21-9-11-23(12-10-21)26-7-4-5-8-27(26)31(34)35/h4-5,7-19H,3,6,20H2,1-2H3,(H,34,35). The lowest BCUT2D eigenvalue weighted by molar-refractivity contribution is 0.0697. The van der Waals surface area contributed by atoms with E-state index in [2.05, 4.69) is 54.0 Å². The molecule has 1 N–H and O–H groups in total. The van der Waals surface area contributed by atoms with Crippen LogP contribution >= 0.6 is 0 Å². The van der Waals surface area contributed by atoms with E-state index in [4.69, 9.17) is 9.72 Å². The van der Waals surface area contributed by atoms with Crippen molar-refractivity contribution in [3.05, 3.63) is 108 Å². The number of carboxylic acid groups (broad SMARTS) is 1. The van der Waals surface area contributed by atoms with Crippen LogP contribution in [0.4, 0.5) is 0 Å². The van der Waals surface area contributed by atoms with Gasteiger partial charge in [-0.15, -0.1) is 0 Å². The Morgan fingerprint density at radius 1 is 0.889 bits per heavy atom. The molecule has 1 heterocycles. The molecule has 0 aliphatic heterocycles. The number of nitrogens with zero attached hydrogens (tertiary/aromatic N) is 2. The van der Waals surface area contributed by atoms with Crippen LogP contribution in [-0.2, 0) is 13.0 Å². The van der Waals surface area contributed by atoms with Crippen molar-refractivity contribution in [2.45, 2.75) is 26.3 Å². The van der Waals surface area contributed by atoms with E-state index in [1.54, 1.807) is 19.2 Å². The number of hydrogen-bond donors (Lipinski definition) is 1. The molecule has 4 aromatic carbocycles. The number of rotatable bonds is 8. The fraction of sp³-hybridized carbons (Fsp3) is 0.161. The molecule has 180 valence electrons. The highest BCUT2D eigenvalue weighted by Crippen LogP contribution is 2.29. The van der Waals surface area contributed by atoms with Crippen molar-refractivity contribution in [2.24, 2.45) is 0 Å². The number of imidazole rings is 1. The van der Waals surface area contributed by atoms with E-state index >= 15 is 0 Å². The molecule has 5 nitrogen and oxygen atoms in total. The molecular formula is C31H28N2O3. The van der Waals surface area contributed by atoms with Crippen LogP contribution in [0.15, 0.2) is 91.0 Å². The summed E-state index contributed by atoms with van der Waals surface area (Å²) in [5.41, 5.74) is 7.41. The molecule has 0 radical (unpaired) electrons. The normalized spacial score (nSPS) is 11.1. The zero-order valence-electron chi connectivity index (χ0n) is 20.4. The second kappa shape index (κ2) is 10.1. The summed E-state index contributed by atoms with van der Waals surface area (Å²) in [6.07, 6.45) is 1.91. The monoisotopic (exact) mass is 476 g/mol. The third-order valence-corrected chi connectivity index (χ3v) is 6.49. The van der Waals surface area contributed by atoms with Gasteiger partial charge in [0, 0.05) is 13.0 Å². The summed E-state index contributed by atoms with van der Waals surface area (Å²) in [6.45, 7) is 2.86. The van der Waals surface area contributed by atoms with Crippen LogP contribution in [0, 0.1) is 0 Å². The number of aromatic carboxylic acids is 1. The van der Waals surface area contributed by atoms with Crippen LogP contribution in [0.25, 0.3) is 33.3 Å². The number of hydrogen-bond acceptors (Lipinski definition) is 3. The van der Waals surface area contributed by atoms with E-state index in [1.807, 2.05) is 36.4 Å². The fourth-order valence-corrected chi connectivity index (χ4v) is 4.62. The first-order valence-electron chi connectivity index (χ1n) is 12.1. The van der Waals surface area contributed by atoms with Crippen LogP contribution in [0.1, 0.15) is 35.1 Å². The molecule has 0 unspecified atom stereocenters. The third kappa shape index (κ3) is 4.60. The van der Waals surface area contributed by atoms with Crippen LogP contribution in [0.3, 0.4) is 0 Å². The number of fused-ring (bicyclic) bond motifs is 1. The number of aromatic nitrogens is 2. The molecule has 5 rings (SSSR count). The average molecular weight is 477 g/mol. The maximum absolute atomic E-state index is 11.6. The van der Waals surface area contributed by atoms with Crippen molar-refractivity contribution in [3.8, 4) is 28.0 Å². The molecule has 0 saturated heterocycles. The predicted octanol–water partition coefficient (Wildman–Crippen LogP) is 7.08. The van der Waals surface area contributed by atoms with Crippen molar-refractivity contribution in [2.75, 3.05) is 7.11 Å². The Morgan fingerprint density at radius 3 is 2.28 bits per heavy atom. The summed E-state index contributed by atoms with van der Waals surface area (Å²) in [6, 6.07) is 29.8. The third-order valence-electron chi connectivity index (χ3n) is 6.49. The molecule has 5 aromatic rings. The Labute approximate surface area is 210 Å². The molecule has 0 saturated carbocycles. The Morgan fingerprint density at radius 2 is 1.58 bits per heavy atom. The van der Waals surface area contributed by atoms with Gasteiger partial charge in [0.05, 0.1) is 23.7 Å². The summed E-state index contributed by atoms with van der Waals surface area (Å²) in [7, 11) is 1.67. The van der Waals surface area contributed by atoms with Gasteiger partial charge in [0.25, 0.3) is 0 Å². The summed E-state index contributed by atoms with van der Waals surface area (Å²) in [4.78, 5) is 16.6. The summed E-state index contributed by atoms with van der Waals surface area (Å²) in [5.74, 6) is 0.987. The summed E-state index contributed by atoms with van der Waals surface area (Å²) < 4.78 is 7.60. The van der Waals surface area contributed by atoms with E-state index < -0.39 is 5.97 Å². The van der Waals surface area contributed by atoms with Crippen molar-refractivity contribution >= 4 is 17.0 Å². The van der Waals surface area contributed by atoms with Gasteiger partial charge in [-0.3, -0.25) is 0 Å².